The number of carbonyl (C=O) groups is 1. The number of hydrogen-bond acceptors (Lipinski definition) is 7. The molecule has 3 N–H and O–H groups in total. The third kappa shape index (κ3) is 5.57. The van der Waals surface area contributed by atoms with Gasteiger partial charge in [-0.3, -0.25) is 4.79 Å². The second-order valence-electron chi connectivity index (χ2n) is 9.50. The van der Waals surface area contributed by atoms with Crippen molar-refractivity contribution in [3.8, 4) is 0 Å². The Morgan fingerprint density at radius 3 is 2.71 bits per heavy atom. The highest BCUT2D eigenvalue weighted by molar-refractivity contribution is 6.30. The highest BCUT2D eigenvalue weighted by Gasteiger charge is 2.33. The first kappa shape index (κ1) is 24.5. The maximum atomic E-state index is 13.9. The van der Waals surface area contributed by atoms with E-state index in [1.807, 2.05) is 25.1 Å². The molecule has 4 aromatic rings. The molecule has 0 saturated heterocycles. The Morgan fingerprint density at radius 1 is 1.23 bits per heavy atom. The van der Waals surface area contributed by atoms with Gasteiger partial charge in [-0.1, -0.05) is 29.8 Å². The van der Waals surface area contributed by atoms with Crippen LogP contribution in [0.1, 0.15) is 38.8 Å². The van der Waals surface area contributed by atoms with Gasteiger partial charge in [-0.25, -0.2) is 14.4 Å². The summed E-state index contributed by atoms with van der Waals surface area (Å²) in [6, 6.07) is 10.6. The van der Waals surface area contributed by atoms with Gasteiger partial charge in [0.05, 0.1) is 33.2 Å². The van der Waals surface area contributed by atoms with E-state index >= 15 is 0 Å². The molecule has 0 aliphatic rings. The summed E-state index contributed by atoms with van der Waals surface area (Å²) in [7, 11) is 0. The van der Waals surface area contributed by atoms with E-state index in [1.165, 1.54) is 18.4 Å². The van der Waals surface area contributed by atoms with Crippen LogP contribution in [-0.4, -0.2) is 27.5 Å². The third-order valence-corrected chi connectivity index (χ3v) is 5.80. The van der Waals surface area contributed by atoms with Gasteiger partial charge in [-0.15, -0.1) is 0 Å². The zero-order valence-corrected chi connectivity index (χ0v) is 20.7. The summed E-state index contributed by atoms with van der Waals surface area (Å²) in [5.41, 5.74) is 1.49. The molecule has 2 aromatic heterocycles. The summed E-state index contributed by atoms with van der Waals surface area (Å²) < 4.78 is 24.7. The number of carbonyl (C=O) groups excluding carboxylic acids is 1. The van der Waals surface area contributed by atoms with Gasteiger partial charge in [-0.05, 0) is 57.0 Å². The highest BCUT2D eigenvalue weighted by Crippen LogP contribution is 2.31. The number of hydrogen-bond donors (Lipinski definition) is 3. The predicted octanol–water partition coefficient (Wildman–Crippen LogP) is 5.87. The maximum Gasteiger partial charge on any atom is 0.311 e. The number of nitrogens with zero attached hydrogens (tertiary/aromatic N) is 2. The molecule has 10 heteroatoms. The standard InChI is InChI=1S/C25H27ClFN5O3/c1-24(2,3)21(33)35-14-25(4,16-8-9-18(27)17(26)12-16)32-22-30-19-7-5-6-15(20(19)31-22)13-29-23-28-10-11-34-23/h5-12H,13-14H2,1-4H3,(H,28,29)(H2,30,31,32). The lowest BCUT2D eigenvalue weighted by Gasteiger charge is -2.32. The van der Waals surface area contributed by atoms with Crippen molar-refractivity contribution in [2.45, 2.75) is 39.8 Å². The van der Waals surface area contributed by atoms with Crippen molar-refractivity contribution in [1.82, 2.24) is 15.0 Å². The van der Waals surface area contributed by atoms with Gasteiger partial charge in [0.25, 0.3) is 6.01 Å². The fourth-order valence-electron chi connectivity index (χ4n) is 3.49. The lowest BCUT2D eigenvalue weighted by Crippen LogP contribution is -2.40. The molecular formula is C25H27ClFN5O3. The van der Waals surface area contributed by atoms with Crippen LogP contribution >= 0.6 is 11.6 Å². The molecule has 35 heavy (non-hydrogen) atoms. The van der Waals surface area contributed by atoms with E-state index in [2.05, 4.69) is 20.6 Å². The largest absolute Gasteiger partial charge is 0.462 e. The number of benzene rings is 2. The molecule has 1 atom stereocenters. The summed E-state index contributed by atoms with van der Waals surface area (Å²) >= 11 is 6.07. The summed E-state index contributed by atoms with van der Waals surface area (Å²) in [6.07, 6.45) is 3.06. The van der Waals surface area contributed by atoms with Gasteiger partial charge >= 0.3 is 5.97 Å². The van der Waals surface area contributed by atoms with Gasteiger partial charge in [0, 0.05) is 6.54 Å². The number of para-hydroxylation sites is 1. The van der Waals surface area contributed by atoms with Crippen molar-refractivity contribution in [3.63, 3.8) is 0 Å². The van der Waals surface area contributed by atoms with E-state index in [0.29, 0.717) is 24.1 Å². The lowest BCUT2D eigenvalue weighted by molar-refractivity contribution is -0.154. The molecule has 2 aromatic carbocycles. The molecule has 0 bridgehead atoms. The van der Waals surface area contributed by atoms with Crippen molar-refractivity contribution >= 4 is 40.6 Å². The van der Waals surface area contributed by atoms with E-state index in [-0.39, 0.29) is 17.6 Å². The van der Waals surface area contributed by atoms with Crippen LogP contribution in [0.5, 0.6) is 0 Å². The molecule has 0 aliphatic carbocycles. The molecule has 2 heterocycles. The number of aromatic nitrogens is 3. The Hall–Kier alpha value is -3.59. The van der Waals surface area contributed by atoms with Crippen LogP contribution in [0.3, 0.4) is 0 Å². The topological polar surface area (TPSA) is 105 Å². The van der Waals surface area contributed by atoms with Crippen molar-refractivity contribution in [3.05, 3.63) is 70.8 Å². The second-order valence-corrected chi connectivity index (χ2v) is 9.91. The Bertz CT molecular complexity index is 1330. The summed E-state index contributed by atoms with van der Waals surface area (Å²) in [5.74, 6) is -0.432. The molecule has 4 rings (SSSR count). The molecule has 0 amide bonds. The molecule has 0 aliphatic heterocycles. The number of H-pyrrole nitrogens is 1. The predicted molar refractivity (Wildman–Crippen MR) is 133 cm³/mol. The van der Waals surface area contributed by atoms with Crippen LogP contribution in [-0.2, 0) is 21.6 Å². The summed E-state index contributed by atoms with van der Waals surface area (Å²) in [5, 5.41) is 6.42. The first-order valence-corrected chi connectivity index (χ1v) is 11.4. The van der Waals surface area contributed by atoms with Crippen LogP contribution in [0.2, 0.25) is 5.02 Å². The number of esters is 1. The molecule has 1 unspecified atom stereocenters. The smallest absolute Gasteiger partial charge is 0.311 e. The number of fused-ring (bicyclic) bond motifs is 1. The third-order valence-electron chi connectivity index (χ3n) is 5.51. The SMILES string of the molecule is CC(C)(C)C(=O)OCC(C)(Nc1nc2c(CNc3ncco3)cccc2[nH]1)c1ccc(F)c(Cl)c1. The van der Waals surface area contributed by atoms with Gasteiger partial charge in [0.2, 0.25) is 5.95 Å². The minimum Gasteiger partial charge on any atom is -0.462 e. The molecule has 0 saturated carbocycles. The number of ether oxygens (including phenoxy) is 1. The molecule has 0 spiro atoms. The number of rotatable bonds is 8. The first-order chi connectivity index (χ1) is 16.5. The number of imidazole rings is 1. The monoisotopic (exact) mass is 499 g/mol. The number of nitrogens with one attached hydrogen (secondary N) is 3. The zero-order chi connectivity index (χ0) is 25.2. The van der Waals surface area contributed by atoms with Crippen molar-refractivity contribution in [2.24, 2.45) is 5.41 Å². The van der Waals surface area contributed by atoms with Crippen LogP contribution in [0.25, 0.3) is 11.0 Å². The Balaban J connectivity index is 1.63. The summed E-state index contributed by atoms with van der Waals surface area (Å²) in [6.45, 7) is 7.60. The average molecular weight is 500 g/mol. The van der Waals surface area contributed by atoms with E-state index < -0.39 is 16.8 Å². The molecule has 0 fully saturated rings. The Labute approximate surface area is 207 Å². The number of aromatic amines is 1. The molecule has 184 valence electrons. The van der Waals surface area contributed by atoms with Crippen molar-refractivity contribution in [2.75, 3.05) is 17.2 Å². The second kappa shape index (κ2) is 9.58. The highest BCUT2D eigenvalue weighted by atomic mass is 35.5. The Kier molecular flexibility index (Phi) is 6.71. The zero-order valence-electron chi connectivity index (χ0n) is 19.9. The van der Waals surface area contributed by atoms with E-state index in [9.17, 15) is 9.18 Å². The van der Waals surface area contributed by atoms with E-state index in [0.717, 1.165) is 16.6 Å². The first-order valence-electron chi connectivity index (χ1n) is 11.1. The normalized spacial score (nSPS) is 13.4. The van der Waals surface area contributed by atoms with Crippen LogP contribution in [0.4, 0.5) is 16.4 Å². The van der Waals surface area contributed by atoms with E-state index in [1.54, 1.807) is 33.0 Å². The van der Waals surface area contributed by atoms with Gasteiger partial charge < -0.3 is 24.8 Å². The van der Waals surface area contributed by atoms with Crippen molar-refractivity contribution < 1.29 is 18.3 Å². The molecule has 0 radical (unpaired) electrons. The summed E-state index contributed by atoms with van der Waals surface area (Å²) in [4.78, 5) is 24.6. The maximum absolute atomic E-state index is 13.9. The fourth-order valence-corrected chi connectivity index (χ4v) is 3.67. The minimum atomic E-state index is -0.956. The van der Waals surface area contributed by atoms with Gasteiger partial charge in [0.15, 0.2) is 0 Å². The Morgan fingerprint density at radius 2 is 2.03 bits per heavy atom. The number of halogens is 2. The van der Waals surface area contributed by atoms with Crippen LogP contribution < -0.4 is 10.6 Å². The van der Waals surface area contributed by atoms with Gasteiger partial charge in [-0.2, -0.15) is 0 Å². The molecular weight excluding hydrogens is 473 g/mol. The minimum absolute atomic E-state index is 0.0258. The van der Waals surface area contributed by atoms with Gasteiger partial charge in [0.1, 0.15) is 18.7 Å². The van der Waals surface area contributed by atoms with Crippen molar-refractivity contribution in [1.29, 1.82) is 0 Å². The van der Waals surface area contributed by atoms with E-state index in [4.69, 9.17) is 25.7 Å². The van der Waals surface area contributed by atoms with Crippen LogP contribution in [0, 0.1) is 11.2 Å². The molecule has 8 nitrogen and oxygen atoms in total. The number of anilines is 2. The average Bonchev–Trinajstić information content (AvgIpc) is 3.46. The fraction of sp³-hybridized carbons (Fsp3) is 0.320. The lowest BCUT2D eigenvalue weighted by atomic mass is 9.92. The quantitative estimate of drug-likeness (QED) is 0.260. The number of oxazole rings is 1. The van der Waals surface area contributed by atoms with Crippen LogP contribution in [0.15, 0.2) is 53.3 Å².